The lowest BCUT2D eigenvalue weighted by Crippen LogP contribution is -2.47. The van der Waals surface area contributed by atoms with E-state index >= 15 is 4.39 Å². The van der Waals surface area contributed by atoms with Crippen LogP contribution >= 0.6 is 24.2 Å². The molecule has 9 heteroatoms. The normalized spacial score (nSPS) is 18.7. The molecule has 2 aliphatic rings. The Kier molecular flexibility index (Phi) is 6.71. The topological polar surface area (TPSA) is 97.3 Å². The van der Waals surface area contributed by atoms with E-state index in [-0.39, 0.29) is 27.8 Å². The Morgan fingerprint density at radius 3 is 2.48 bits per heavy atom. The summed E-state index contributed by atoms with van der Waals surface area (Å²) >= 11 is 11.0. The van der Waals surface area contributed by atoms with Gasteiger partial charge in [0.2, 0.25) is 5.91 Å². The van der Waals surface area contributed by atoms with E-state index in [1.165, 1.54) is 12.2 Å². The van der Waals surface area contributed by atoms with Crippen LogP contribution in [0.25, 0.3) is 5.57 Å². The molecule has 1 aliphatic carbocycles. The largest absolute Gasteiger partial charge is 0.398 e. The Bertz CT molecular complexity index is 1080. The number of carbonyl (C=O) groups excluding carboxylic acids is 1. The third kappa shape index (κ3) is 4.18. The fraction of sp³-hybridized carbons (Fsp3) is 0.227. The molecule has 1 aliphatic heterocycles. The smallest absolute Gasteiger partial charge is 0.246 e. The average molecular weight is 460 g/mol. The monoisotopic (exact) mass is 459 g/mol. The van der Waals surface area contributed by atoms with E-state index in [2.05, 4.69) is 19.2 Å². The number of carbonyl (C=O) groups is 1. The average Bonchev–Trinajstić information content (AvgIpc) is 2.77. The van der Waals surface area contributed by atoms with Crippen molar-refractivity contribution in [2.75, 3.05) is 31.9 Å². The van der Waals surface area contributed by atoms with Crippen LogP contribution in [0.3, 0.4) is 0 Å². The number of aryl methyl sites for hydroxylation is 1. The number of hydrogen-bond donors (Lipinski definition) is 4. The van der Waals surface area contributed by atoms with Gasteiger partial charge in [0, 0.05) is 54.8 Å². The quantitative estimate of drug-likeness (QED) is 0.238. The fourth-order valence-electron chi connectivity index (χ4n) is 3.69. The minimum absolute atomic E-state index is 0.0428. The van der Waals surface area contributed by atoms with Gasteiger partial charge in [-0.25, -0.2) is 4.39 Å². The van der Waals surface area contributed by atoms with Crippen molar-refractivity contribution in [1.82, 2.24) is 9.80 Å². The summed E-state index contributed by atoms with van der Waals surface area (Å²) in [5.74, 6) is -0.939. The molecule has 4 N–H and O–H groups in total. The van der Waals surface area contributed by atoms with Crippen molar-refractivity contribution in [1.29, 1.82) is 10.8 Å². The number of amides is 1. The van der Waals surface area contributed by atoms with Crippen LogP contribution in [-0.2, 0) is 4.79 Å². The van der Waals surface area contributed by atoms with Gasteiger partial charge in [-0.3, -0.25) is 10.2 Å². The van der Waals surface area contributed by atoms with E-state index in [0.29, 0.717) is 53.6 Å². The first kappa shape index (κ1) is 22.8. The van der Waals surface area contributed by atoms with Crippen LogP contribution in [0.5, 0.6) is 0 Å². The molecule has 162 valence electrons. The molecule has 1 aromatic carbocycles. The molecule has 1 heterocycles. The van der Waals surface area contributed by atoms with Gasteiger partial charge < -0.3 is 20.9 Å². The number of anilines is 1. The number of nitrogens with one attached hydrogen (secondary N) is 2. The second-order valence-electron chi connectivity index (χ2n) is 7.21. The second-order valence-corrected chi connectivity index (χ2v) is 8.05. The first-order chi connectivity index (χ1) is 14.7. The third-order valence-electron chi connectivity index (χ3n) is 5.41. The summed E-state index contributed by atoms with van der Waals surface area (Å²) in [6.07, 6.45) is 3.85. The number of nitrogen functional groups attached to an aromatic ring is 1. The van der Waals surface area contributed by atoms with Crippen LogP contribution in [0, 0.1) is 17.7 Å². The molecular weight excluding hydrogens is 437 g/mol. The maximum Gasteiger partial charge on any atom is 0.246 e. The highest BCUT2D eigenvalue weighted by Crippen LogP contribution is 2.41. The summed E-state index contributed by atoms with van der Waals surface area (Å²) in [5.41, 5.74) is 7.71. The fourth-order valence-corrected chi connectivity index (χ4v) is 4.36. The van der Waals surface area contributed by atoms with E-state index in [1.54, 1.807) is 24.0 Å². The SMILES string of the molecule is C=CC(=O)N1CCN(/C(S)=C2\C=C(Cl)C(c3c(C)ccc(N)c3C=N)=C(F)C2=N)CC1. The number of piperazine rings is 1. The number of hydrogen-bond acceptors (Lipinski definition) is 6. The highest BCUT2D eigenvalue weighted by Gasteiger charge is 2.30. The molecule has 0 unspecified atom stereocenters. The number of nitrogens with two attached hydrogens (primary N) is 1. The lowest BCUT2D eigenvalue weighted by Gasteiger charge is -2.36. The van der Waals surface area contributed by atoms with Crippen LogP contribution < -0.4 is 5.73 Å². The van der Waals surface area contributed by atoms with Gasteiger partial charge in [-0.1, -0.05) is 24.2 Å². The Labute approximate surface area is 191 Å². The van der Waals surface area contributed by atoms with Gasteiger partial charge >= 0.3 is 0 Å². The highest BCUT2D eigenvalue weighted by molar-refractivity contribution is 7.84. The second kappa shape index (κ2) is 9.11. The lowest BCUT2D eigenvalue weighted by atomic mass is 9.88. The van der Waals surface area contributed by atoms with Gasteiger partial charge in [-0.2, -0.15) is 0 Å². The molecule has 6 nitrogen and oxygen atoms in total. The summed E-state index contributed by atoms with van der Waals surface area (Å²) in [5, 5.41) is 16.6. The Morgan fingerprint density at radius 1 is 1.29 bits per heavy atom. The van der Waals surface area contributed by atoms with E-state index in [4.69, 9.17) is 28.2 Å². The molecule has 0 saturated carbocycles. The van der Waals surface area contributed by atoms with Crippen molar-refractivity contribution in [2.45, 2.75) is 6.92 Å². The van der Waals surface area contributed by atoms with Crippen LogP contribution in [0.15, 0.2) is 52.3 Å². The zero-order valence-electron chi connectivity index (χ0n) is 17.0. The first-order valence-corrected chi connectivity index (χ1v) is 10.4. The van der Waals surface area contributed by atoms with Crippen LogP contribution in [0.4, 0.5) is 10.1 Å². The van der Waals surface area contributed by atoms with Crippen molar-refractivity contribution in [2.24, 2.45) is 0 Å². The lowest BCUT2D eigenvalue weighted by molar-refractivity contribution is -0.127. The van der Waals surface area contributed by atoms with Gasteiger partial charge in [-0.05, 0) is 36.3 Å². The van der Waals surface area contributed by atoms with E-state index < -0.39 is 5.83 Å². The number of benzene rings is 1. The Morgan fingerprint density at radius 2 is 1.90 bits per heavy atom. The van der Waals surface area contributed by atoms with Gasteiger partial charge in [0.05, 0.1) is 10.1 Å². The van der Waals surface area contributed by atoms with Crippen molar-refractivity contribution >= 4 is 53.3 Å². The molecule has 1 fully saturated rings. The van der Waals surface area contributed by atoms with Gasteiger partial charge in [0.1, 0.15) is 5.71 Å². The Hall–Kier alpha value is -2.84. The van der Waals surface area contributed by atoms with Crippen LogP contribution in [-0.4, -0.2) is 53.8 Å². The number of allylic oxidation sites excluding steroid dienone is 5. The molecule has 0 radical (unpaired) electrons. The zero-order chi connectivity index (χ0) is 22.9. The number of nitrogens with zero attached hydrogens (tertiary/aromatic N) is 2. The first-order valence-electron chi connectivity index (χ1n) is 9.57. The maximum atomic E-state index is 15.5. The molecule has 31 heavy (non-hydrogen) atoms. The predicted octanol–water partition coefficient (Wildman–Crippen LogP) is 3.88. The maximum absolute atomic E-state index is 15.5. The van der Waals surface area contributed by atoms with Gasteiger partial charge in [0.15, 0.2) is 5.83 Å². The predicted molar refractivity (Wildman–Crippen MR) is 128 cm³/mol. The minimum Gasteiger partial charge on any atom is -0.398 e. The summed E-state index contributed by atoms with van der Waals surface area (Å²) in [7, 11) is 0. The van der Waals surface area contributed by atoms with Crippen molar-refractivity contribution < 1.29 is 9.18 Å². The molecule has 1 saturated heterocycles. The molecule has 1 amide bonds. The van der Waals surface area contributed by atoms with E-state index in [1.807, 2.05) is 4.90 Å². The summed E-state index contributed by atoms with van der Waals surface area (Å²) in [6, 6.07) is 3.38. The molecule has 0 bridgehead atoms. The van der Waals surface area contributed by atoms with Crippen molar-refractivity contribution in [3.63, 3.8) is 0 Å². The standard InChI is InChI=1S/C22H23ClFN5OS/c1-3-17(30)28-6-8-29(9-7-28)22(31)13-10-15(23)19(20(24)21(13)27)18-12(2)4-5-16(26)14(18)11-25/h3-5,10-11,25,27,31H,1,6-9,26H2,2H3/b22-13-,25-11?,27-21?. The Balaban J connectivity index is 1.99. The van der Waals surface area contributed by atoms with Gasteiger partial charge in [0.25, 0.3) is 0 Å². The van der Waals surface area contributed by atoms with Crippen LogP contribution in [0.2, 0.25) is 0 Å². The third-order valence-corrected chi connectivity index (χ3v) is 6.23. The molecule has 0 atom stereocenters. The molecule has 1 aromatic rings. The van der Waals surface area contributed by atoms with Crippen LogP contribution in [0.1, 0.15) is 16.7 Å². The minimum atomic E-state index is -0.800. The van der Waals surface area contributed by atoms with Crippen molar-refractivity contribution in [3.05, 3.63) is 69.0 Å². The van der Waals surface area contributed by atoms with E-state index in [9.17, 15) is 4.79 Å². The highest BCUT2D eigenvalue weighted by atomic mass is 35.5. The summed E-state index contributed by atoms with van der Waals surface area (Å²) in [6.45, 7) is 7.20. The van der Waals surface area contributed by atoms with Crippen molar-refractivity contribution in [3.8, 4) is 0 Å². The number of halogens is 2. The number of thiol groups is 1. The number of rotatable bonds is 4. The molecule has 0 spiro atoms. The summed E-state index contributed by atoms with van der Waals surface area (Å²) < 4.78 is 15.5. The van der Waals surface area contributed by atoms with E-state index in [0.717, 1.165) is 6.21 Å². The molecule has 0 aromatic heterocycles. The summed E-state index contributed by atoms with van der Waals surface area (Å²) in [4.78, 5) is 15.3. The molecule has 3 rings (SSSR count). The van der Waals surface area contributed by atoms with Gasteiger partial charge in [-0.15, -0.1) is 12.6 Å². The zero-order valence-corrected chi connectivity index (χ0v) is 18.7. The molecular formula is C22H23ClFN5OS.